The van der Waals surface area contributed by atoms with E-state index >= 15 is 0 Å². The molecule has 1 radical (unpaired) electrons. The predicted molar refractivity (Wildman–Crippen MR) is 236 cm³/mol. The fraction of sp³-hybridized carbons (Fsp3) is 0.440. The minimum atomic E-state index is -0.337. The van der Waals surface area contributed by atoms with Crippen LogP contribution in [0.4, 0.5) is 0 Å². The molecule has 0 aliphatic rings. The number of rotatable bonds is 11. The first-order valence-electron chi connectivity index (χ1n) is 20.2. The molecule has 4 nitrogen and oxygen atoms in total. The van der Waals surface area contributed by atoms with Gasteiger partial charge in [0.1, 0.15) is 11.3 Å². The van der Waals surface area contributed by atoms with E-state index in [4.69, 9.17) is 9.40 Å². The number of allylic oxidation sites excluding steroid dienone is 2. The second-order valence-electron chi connectivity index (χ2n) is 17.4. The van der Waals surface area contributed by atoms with Crippen molar-refractivity contribution < 1.29 is 34.4 Å². The number of aliphatic hydroxyl groups excluding tert-OH is 1. The Hall–Kier alpha value is -3.57. The van der Waals surface area contributed by atoms with Crippen molar-refractivity contribution in [2.24, 2.45) is 16.7 Å². The maximum absolute atomic E-state index is 12.2. The molecule has 3 heterocycles. The van der Waals surface area contributed by atoms with Gasteiger partial charge in [-0.25, -0.2) is 0 Å². The Morgan fingerprint density at radius 1 is 0.893 bits per heavy atom. The molecule has 0 aliphatic heterocycles. The summed E-state index contributed by atoms with van der Waals surface area (Å²) in [4.78, 5) is 18.7. The van der Waals surface area contributed by atoms with Crippen LogP contribution in [0.15, 0.2) is 77.1 Å². The van der Waals surface area contributed by atoms with Gasteiger partial charge in [0, 0.05) is 53.0 Å². The van der Waals surface area contributed by atoms with Gasteiger partial charge in [-0.2, -0.15) is 0 Å². The zero-order chi connectivity index (χ0) is 40.5. The molecule has 6 heteroatoms. The summed E-state index contributed by atoms with van der Waals surface area (Å²) in [5.74, 6) is 0.857. The van der Waals surface area contributed by atoms with Gasteiger partial charge in [-0.05, 0) is 91.7 Å². The van der Waals surface area contributed by atoms with Crippen LogP contribution in [0.5, 0.6) is 0 Å². The summed E-state index contributed by atoms with van der Waals surface area (Å²) < 4.78 is 7.16. The van der Waals surface area contributed by atoms with Crippen molar-refractivity contribution in [1.82, 2.24) is 4.98 Å². The molecule has 6 aromatic rings. The Bertz CT molecular complexity index is 2340. The summed E-state index contributed by atoms with van der Waals surface area (Å²) in [6.45, 7) is 27.8. The molecule has 1 N–H and O–H groups in total. The number of benzene rings is 3. The molecule has 0 saturated carbocycles. The molecule has 0 aliphatic carbocycles. The average Bonchev–Trinajstić information content (AvgIpc) is 3.70. The number of hydrogen-bond acceptors (Lipinski definition) is 5. The van der Waals surface area contributed by atoms with Gasteiger partial charge in [0.2, 0.25) is 0 Å². The Kier molecular flexibility index (Phi) is 14.4. The third-order valence-electron chi connectivity index (χ3n) is 12.2. The number of carbonyl (C=O) groups excluding carboxylic acids is 1. The third-order valence-corrected chi connectivity index (χ3v) is 13.4. The second-order valence-corrected chi connectivity index (χ2v) is 18.6. The van der Waals surface area contributed by atoms with Crippen LogP contribution in [-0.4, -0.2) is 15.9 Å². The summed E-state index contributed by atoms with van der Waals surface area (Å²) in [7, 11) is 0. The Labute approximate surface area is 353 Å². The van der Waals surface area contributed by atoms with E-state index in [1.807, 2.05) is 59.1 Å². The minimum absolute atomic E-state index is 0. The van der Waals surface area contributed by atoms with Gasteiger partial charge in [0.25, 0.3) is 0 Å². The standard InChI is InChI=1S/C35H34NOS.C15H28O2.Ir/c1-20(2)14-26-19-37-32-13-12-24(16-28(26)32)29-18-31(36-33-21(3)22(4)38-34(29)33)25-15-23-10-8-9-11-27(23)30(17-25)35(5,6)7;1-7-14(5,8-2)12(16)11-13(17)15(6,9-3)10-4;/h8-13,16-20H,14H2,1-7H3;11,16H,7-10H2,1-6H3;/q-1;;/b;12-11-;. The molecule has 3 aromatic carbocycles. The molecular weight excluding hydrogens is 887 g/mol. The van der Waals surface area contributed by atoms with Crippen LogP contribution >= 0.6 is 11.3 Å². The molecule has 301 valence electrons. The zero-order valence-corrected chi connectivity index (χ0v) is 39.1. The van der Waals surface area contributed by atoms with Crippen molar-refractivity contribution in [1.29, 1.82) is 0 Å². The van der Waals surface area contributed by atoms with E-state index in [0.717, 1.165) is 59.8 Å². The molecule has 0 fully saturated rings. The predicted octanol–water partition coefficient (Wildman–Crippen LogP) is 15.1. The number of aryl methyl sites for hydroxylation is 2. The number of fused-ring (bicyclic) bond motifs is 3. The largest absolute Gasteiger partial charge is 0.512 e. The monoisotopic (exact) mass is 949 g/mol. The van der Waals surface area contributed by atoms with E-state index in [0.29, 0.717) is 5.92 Å². The third kappa shape index (κ3) is 9.25. The van der Waals surface area contributed by atoms with Gasteiger partial charge in [-0.3, -0.25) is 9.78 Å². The topological polar surface area (TPSA) is 63.3 Å². The summed E-state index contributed by atoms with van der Waals surface area (Å²) >= 11 is 1.84. The normalized spacial score (nSPS) is 12.6. The summed E-state index contributed by atoms with van der Waals surface area (Å²) in [6, 6.07) is 23.5. The van der Waals surface area contributed by atoms with Crippen LogP contribution in [0.3, 0.4) is 0 Å². The second kappa shape index (κ2) is 17.9. The van der Waals surface area contributed by atoms with Gasteiger partial charge in [0.05, 0.1) is 16.5 Å². The van der Waals surface area contributed by atoms with Crippen molar-refractivity contribution in [2.75, 3.05) is 0 Å². The molecule has 0 spiro atoms. The smallest absolute Gasteiger partial charge is 0.164 e. The fourth-order valence-corrected chi connectivity index (χ4v) is 8.30. The van der Waals surface area contributed by atoms with Gasteiger partial charge in [-0.1, -0.05) is 117 Å². The minimum Gasteiger partial charge on any atom is -0.512 e. The van der Waals surface area contributed by atoms with Gasteiger partial charge >= 0.3 is 0 Å². The first kappa shape index (κ1) is 45.1. The Morgan fingerprint density at radius 3 is 2.14 bits per heavy atom. The van der Waals surface area contributed by atoms with Crippen LogP contribution in [0, 0.1) is 36.7 Å². The number of furan rings is 1. The van der Waals surface area contributed by atoms with Crippen molar-refractivity contribution in [3.05, 3.63) is 100 Å². The van der Waals surface area contributed by atoms with Crippen molar-refractivity contribution >= 4 is 49.1 Å². The van der Waals surface area contributed by atoms with E-state index in [9.17, 15) is 9.90 Å². The Balaban J connectivity index is 0.000000330. The van der Waals surface area contributed by atoms with Crippen molar-refractivity contribution in [3.8, 4) is 22.4 Å². The molecule has 0 atom stereocenters. The van der Waals surface area contributed by atoms with Crippen molar-refractivity contribution in [2.45, 2.75) is 128 Å². The molecule has 0 amide bonds. The van der Waals surface area contributed by atoms with Crippen LogP contribution in [0.1, 0.15) is 123 Å². The number of hydrogen-bond donors (Lipinski definition) is 1. The maximum Gasteiger partial charge on any atom is 0.164 e. The van der Waals surface area contributed by atoms with Crippen LogP contribution in [0.2, 0.25) is 0 Å². The van der Waals surface area contributed by atoms with Gasteiger partial charge in [-0.15, -0.1) is 40.5 Å². The number of pyridine rings is 1. The number of nitrogens with zero attached hydrogens (tertiary/aromatic N) is 1. The average molecular weight is 949 g/mol. The van der Waals surface area contributed by atoms with E-state index in [1.54, 1.807) is 0 Å². The van der Waals surface area contributed by atoms with E-state index in [1.165, 1.54) is 54.2 Å². The number of aromatic nitrogens is 1. The van der Waals surface area contributed by atoms with Crippen LogP contribution in [-0.2, 0) is 36.7 Å². The molecule has 56 heavy (non-hydrogen) atoms. The molecular formula is C50H62IrNO3S-. The maximum atomic E-state index is 12.2. The van der Waals surface area contributed by atoms with Crippen LogP contribution < -0.4 is 0 Å². The molecule has 6 rings (SSSR count). The van der Waals surface area contributed by atoms with E-state index < -0.39 is 0 Å². The first-order chi connectivity index (χ1) is 25.9. The summed E-state index contributed by atoms with van der Waals surface area (Å²) in [6.07, 6.45) is 7.69. The number of ketones is 1. The molecule has 0 unspecified atom stereocenters. The van der Waals surface area contributed by atoms with Gasteiger partial charge < -0.3 is 9.52 Å². The number of aliphatic hydroxyl groups is 1. The summed E-state index contributed by atoms with van der Waals surface area (Å²) in [5.41, 5.74) is 9.75. The van der Waals surface area contributed by atoms with Gasteiger partial charge in [0.15, 0.2) is 5.78 Å². The molecule has 3 aromatic heterocycles. The zero-order valence-electron chi connectivity index (χ0n) is 35.9. The molecule has 0 bridgehead atoms. The first-order valence-corrected chi connectivity index (χ1v) is 21.0. The number of carbonyl (C=O) groups is 1. The quantitative estimate of drug-likeness (QED) is 0.0798. The SMILES string of the molecule is CCC(C)(CC)C(=O)/C=C(\O)C(C)(CC)CC.Cc1sc2c(-c3ccc4occ(CC(C)C)c4c3)cc(-c3[c-]c4ccccc4c(C(C)(C)C)c3)nc2c1C.[Ir]. The summed E-state index contributed by atoms with van der Waals surface area (Å²) in [5, 5.41) is 13.7. The fourth-order valence-electron chi connectivity index (χ4n) is 7.16. The number of thiophene rings is 1. The molecule has 0 saturated heterocycles. The van der Waals surface area contributed by atoms with E-state index in [2.05, 4.69) is 109 Å². The van der Waals surface area contributed by atoms with Crippen LogP contribution in [0.25, 0.3) is 54.3 Å². The van der Waals surface area contributed by atoms with E-state index in [-0.39, 0.29) is 47.9 Å². The van der Waals surface area contributed by atoms with Crippen molar-refractivity contribution in [3.63, 3.8) is 0 Å². The Morgan fingerprint density at radius 2 is 1.54 bits per heavy atom.